The summed E-state index contributed by atoms with van der Waals surface area (Å²) in [4.78, 5) is 17.5. The van der Waals surface area contributed by atoms with Gasteiger partial charge in [0.05, 0.1) is 18.8 Å². The largest absolute Gasteiger partial charge is 0.378 e. The fraction of sp³-hybridized carbons (Fsp3) is 0.400. The second-order valence-electron chi connectivity index (χ2n) is 3.15. The van der Waals surface area contributed by atoms with Gasteiger partial charge in [-0.3, -0.25) is 9.78 Å². The Labute approximate surface area is 82.5 Å². The fourth-order valence-electron chi connectivity index (χ4n) is 1.44. The molecule has 2 heterocycles. The van der Waals surface area contributed by atoms with Crippen molar-refractivity contribution in [2.45, 2.75) is 0 Å². The highest BCUT2D eigenvalue weighted by molar-refractivity contribution is 5.93. The second-order valence-corrected chi connectivity index (χ2v) is 3.15. The van der Waals surface area contributed by atoms with Gasteiger partial charge in [-0.15, -0.1) is 0 Å². The van der Waals surface area contributed by atoms with E-state index in [2.05, 4.69) is 4.98 Å². The zero-order valence-electron chi connectivity index (χ0n) is 7.85. The van der Waals surface area contributed by atoms with Crippen LogP contribution < -0.4 is 0 Å². The highest BCUT2D eigenvalue weighted by Gasteiger charge is 2.17. The third-order valence-electron chi connectivity index (χ3n) is 2.21. The minimum atomic E-state index is 0.0430. The van der Waals surface area contributed by atoms with E-state index >= 15 is 0 Å². The first kappa shape index (κ1) is 9.15. The first-order valence-corrected chi connectivity index (χ1v) is 4.65. The lowest BCUT2D eigenvalue weighted by molar-refractivity contribution is 0.0302. The Hall–Kier alpha value is -1.42. The number of morpholine rings is 1. The molecule has 1 aliphatic heterocycles. The van der Waals surface area contributed by atoms with Crippen LogP contribution in [0.4, 0.5) is 0 Å². The van der Waals surface area contributed by atoms with Crippen LogP contribution in [0.3, 0.4) is 0 Å². The summed E-state index contributed by atoms with van der Waals surface area (Å²) in [5.74, 6) is 0.0430. The molecule has 0 N–H and O–H groups in total. The van der Waals surface area contributed by atoms with E-state index in [-0.39, 0.29) is 5.91 Å². The van der Waals surface area contributed by atoms with Gasteiger partial charge >= 0.3 is 0 Å². The summed E-state index contributed by atoms with van der Waals surface area (Å²) in [6, 6.07) is 3.55. The average molecular weight is 192 g/mol. The van der Waals surface area contributed by atoms with Gasteiger partial charge in [0, 0.05) is 25.5 Å². The monoisotopic (exact) mass is 192 g/mol. The van der Waals surface area contributed by atoms with Gasteiger partial charge in [-0.2, -0.15) is 0 Å². The Kier molecular flexibility index (Phi) is 2.74. The van der Waals surface area contributed by atoms with Gasteiger partial charge in [-0.05, 0) is 12.1 Å². The van der Waals surface area contributed by atoms with E-state index in [1.807, 2.05) is 0 Å². The molecule has 1 aliphatic rings. The van der Waals surface area contributed by atoms with E-state index in [9.17, 15) is 4.79 Å². The highest BCUT2D eigenvalue weighted by atomic mass is 16.5. The molecule has 1 saturated heterocycles. The molecule has 0 aromatic carbocycles. The average Bonchev–Trinajstić information content (AvgIpc) is 2.30. The molecule has 1 aromatic rings. The summed E-state index contributed by atoms with van der Waals surface area (Å²) in [5.41, 5.74) is 0.648. The maximum Gasteiger partial charge on any atom is 0.255 e. The number of pyridine rings is 1. The molecule has 0 aliphatic carbocycles. The van der Waals surface area contributed by atoms with Crippen molar-refractivity contribution in [1.29, 1.82) is 0 Å². The third-order valence-corrected chi connectivity index (χ3v) is 2.21. The molecule has 0 bridgehead atoms. The molecule has 0 spiro atoms. The second kappa shape index (κ2) is 4.19. The molecule has 0 saturated carbocycles. The SMILES string of the molecule is O=C(c1cccnc1)N1CCOCC1. The summed E-state index contributed by atoms with van der Waals surface area (Å²) in [6.07, 6.45) is 3.26. The van der Waals surface area contributed by atoms with Crippen LogP contribution in [0.1, 0.15) is 10.4 Å². The number of hydrogen-bond donors (Lipinski definition) is 0. The zero-order valence-corrected chi connectivity index (χ0v) is 7.85. The topological polar surface area (TPSA) is 42.4 Å². The molecule has 0 radical (unpaired) electrons. The quantitative estimate of drug-likeness (QED) is 0.652. The van der Waals surface area contributed by atoms with Crippen LogP contribution >= 0.6 is 0 Å². The van der Waals surface area contributed by atoms with Gasteiger partial charge in [0.15, 0.2) is 0 Å². The summed E-state index contributed by atoms with van der Waals surface area (Å²) in [7, 11) is 0. The maximum atomic E-state index is 11.8. The number of rotatable bonds is 1. The van der Waals surface area contributed by atoms with E-state index in [0.717, 1.165) is 0 Å². The number of carbonyl (C=O) groups excluding carboxylic acids is 1. The lowest BCUT2D eigenvalue weighted by Crippen LogP contribution is -2.40. The van der Waals surface area contributed by atoms with Crippen molar-refractivity contribution in [2.75, 3.05) is 26.3 Å². The summed E-state index contributed by atoms with van der Waals surface area (Å²) >= 11 is 0. The van der Waals surface area contributed by atoms with Gasteiger partial charge < -0.3 is 9.64 Å². The van der Waals surface area contributed by atoms with E-state index < -0.39 is 0 Å². The normalized spacial score (nSPS) is 16.7. The summed E-state index contributed by atoms with van der Waals surface area (Å²) in [6.45, 7) is 2.61. The predicted molar refractivity (Wildman–Crippen MR) is 51.0 cm³/mol. The smallest absolute Gasteiger partial charge is 0.255 e. The van der Waals surface area contributed by atoms with E-state index in [0.29, 0.717) is 31.9 Å². The molecule has 1 aromatic heterocycles. The van der Waals surface area contributed by atoms with Gasteiger partial charge in [-0.1, -0.05) is 0 Å². The molecule has 74 valence electrons. The molecule has 2 rings (SSSR count). The van der Waals surface area contributed by atoms with Crippen LogP contribution in [0, 0.1) is 0 Å². The number of aromatic nitrogens is 1. The van der Waals surface area contributed by atoms with Crippen molar-refractivity contribution in [3.63, 3.8) is 0 Å². The Morgan fingerprint density at radius 2 is 2.21 bits per heavy atom. The predicted octanol–water partition coefficient (Wildman–Crippen LogP) is 0.554. The van der Waals surface area contributed by atoms with E-state index in [1.54, 1.807) is 29.4 Å². The molecule has 1 fully saturated rings. The Balaban J connectivity index is 2.07. The number of hydrogen-bond acceptors (Lipinski definition) is 3. The van der Waals surface area contributed by atoms with Gasteiger partial charge in [0.1, 0.15) is 0 Å². The number of nitrogens with zero attached hydrogens (tertiary/aromatic N) is 2. The molecule has 1 amide bonds. The third kappa shape index (κ3) is 1.90. The number of amides is 1. The molecular weight excluding hydrogens is 180 g/mol. The Morgan fingerprint density at radius 3 is 2.86 bits per heavy atom. The van der Waals surface area contributed by atoms with Crippen LogP contribution in [-0.2, 0) is 4.74 Å². The highest BCUT2D eigenvalue weighted by Crippen LogP contribution is 2.05. The van der Waals surface area contributed by atoms with Crippen LogP contribution in [0.5, 0.6) is 0 Å². The minimum Gasteiger partial charge on any atom is -0.378 e. The summed E-state index contributed by atoms with van der Waals surface area (Å²) < 4.78 is 5.18. The molecular formula is C10H12N2O2. The first-order valence-electron chi connectivity index (χ1n) is 4.65. The standard InChI is InChI=1S/C10H12N2O2/c13-10(9-2-1-3-11-8-9)12-4-6-14-7-5-12/h1-3,8H,4-7H2. The lowest BCUT2D eigenvalue weighted by Gasteiger charge is -2.26. The Bertz CT molecular complexity index is 307. The van der Waals surface area contributed by atoms with Gasteiger partial charge in [-0.25, -0.2) is 0 Å². The molecule has 0 unspecified atom stereocenters. The maximum absolute atomic E-state index is 11.8. The van der Waals surface area contributed by atoms with Crippen LogP contribution in [-0.4, -0.2) is 42.1 Å². The fourth-order valence-corrected chi connectivity index (χ4v) is 1.44. The molecule has 4 nitrogen and oxygen atoms in total. The molecule has 0 atom stereocenters. The van der Waals surface area contributed by atoms with Gasteiger partial charge in [0.25, 0.3) is 5.91 Å². The molecule has 4 heteroatoms. The number of ether oxygens (including phenoxy) is 1. The minimum absolute atomic E-state index is 0.0430. The zero-order chi connectivity index (χ0) is 9.80. The first-order chi connectivity index (χ1) is 6.88. The van der Waals surface area contributed by atoms with Crippen molar-refractivity contribution in [2.24, 2.45) is 0 Å². The van der Waals surface area contributed by atoms with Crippen molar-refractivity contribution in [1.82, 2.24) is 9.88 Å². The molecule has 14 heavy (non-hydrogen) atoms. The summed E-state index contributed by atoms with van der Waals surface area (Å²) in [5, 5.41) is 0. The number of carbonyl (C=O) groups is 1. The van der Waals surface area contributed by atoms with Crippen LogP contribution in [0.15, 0.2) is 24.5 Å². The van der Waals surface area contributed by atoms with Crippen molar-refractivity contribution in [3.8, 4) is 0 Å². The van der Waals surface area contributed by atoms with Crippen molar-refractivity contribution in [3.05, 3.63) is 30.1 Å². The van der Waals surface area contributed by atoms with Crippen LogP contribution in [0.2, 0.25) is 0 Å². The van der Waals surface area contributed by atoms with E-state index in [4.69, 9.17) is 4.74 Å². The van der Waals surface area contributed by atoms with Gasteiger partial charge in [0.2, 0.25) is 0 Å². The van der Waals surface area contributed by atoms with Crippen molar-refractivity contribution < 1.29 is 9.53 Å². The van der Waals surface area contributed by atoms with Crippen LogP contribution in [0.25, 0.3) is 0 Å². The van der Waals surface area contributed by atoms with E-state index in [1.165, 1.54) is 0 Å². The Morgan fingerprint density at radius 1 is 1.43 bits per heavy atom. The van der Waals surface area contributed by atoms with Crippen molar-refractivity contribution >= 4 is 5.91 Å². The lowest BCUT2D eigenvalue weighted by atomic mass is 10.2.